The van der Waals surface area contributed by atoms with Gasteiger partial charge in [-0.3, -0.25) is 0 Å². The molecule has 7 heteroatoms. The van der Waals surface area contributed by atoms with Crippen molar-refractivity contribution in [3.63, 3.8) is 0 Å². The molecule has 0 saturated carbocycles. The second kappa shape index (κ2) is 6.65. The van der Waals surface area contributed by atoms with E-state index in [9.17, 15) is 12.8 Å². The van der Waals surface area contributed by atoms with E-state index in [4.69, 9.17) is 5.11 Å². The van der Waals surface area contributed by atoms with E-state index >= 15 is 0 Å². The summed E-state index contributed by atoms with van der Waals surface area (Å²) in [5, 5.41) is 10.8. The van der Waals surface area contributed by atoms with Gasteiger partial charge in [0.2, 0.25) is 10.0 Å². The fourth-order valence-corrected chi connectivity index (χ4v) is 4.57. The molecule has 0 spiro atoms. The fraction of sp³-hybridized carbons (Fsp3) is 0.286. The van der Waals surface area contributed by atoms with Crippen LogP contribution in [0, 0.1) is 5.82 Å². The van der Waals surface area contributed by atoms with Gasteiger partial charge in [-0.15, -0.1) is 11.3 Å². The van der Waals surface area contributed by atoms with Crippen LogP contribution in [0.3, 0.4) is 0 Å². The van der Waals surface area contributed by atoms with Gasteiger partial charge >= 0.3 is 0 Å². The minimum atomic E-state index is -3.66. The lowest BCUT2D eigenvalue weighted by molar-refractivity contribution is 0.282. The highest BCUT2D eigenvalue weighted by atomic mass is 32.2. The van der Waals surface area contributed by atoms with Crippen molar-refractivity contribution in [2.24, 2.45) is 0 Å². The Morgan fingerprint density at radius 1 is 1.29 bits per heavy atom. The van der Waals surface area contributed by atoms with Crippen molar-refractivity contribution in [2.75, 3.05) is 0 Å². The first-order chi connectivity index (χ1) is 9.92. The Balaban J connectivity index is 2.08. The van der Waals surface area contributed by atoms with Crippen molar-refractivity contribution in [3.8, 4) is 0 Å². The van der Waals surface area contributed by atoms with Crippen molar-refractivity contribution >= 4 is 21.4 Å². The molecule has 0 saturated heterocycles. The lowest BCUT2D eigenvalue weighted by Gasteiger charge is -2.14. The predicted molar refractivity (Wildman–Crippen MR) is 80.1 cm³/mol. The lowest BCUT2D eigenvalue weighted by atomic mass is 10.1. The number of benzene rings is 1. The first kappa shape index (κ1) is 16.1. The Morgan fingerprint density at radius 3 is 2.57 bits per heavy atom. The van der Waals surface area contributed by atoms with Gasteiger partial charge in [0.25, 0.3) is 0 Å². The molecule has 0 radical (unpaired) electrons. The number of hydrogen-bond acceptors (Lipinski definition) is 4. The number of hydrogen-bond donors (Lipinski definition) is 2. The van der Waals surface area contributed by atoms with Crippen molar-refractivity contribution in [3.05, 3.63) is 52.0 Å². The molecule has 4 nitrogen and oxygen atoms in total. The minimum absolute atomic E-state index is 0.112. The summed E-state index contributed by atoms with van der Waals surface area (Å²) >= 11 is 1.20. The molecule has 0 aliphatic rings. The molecule has 0 aliphatic carbocycles. The lowest BCUT2D eigenvalue weighted by Crippen LogP contribution is -2.34. The van der Waals surface area contributed by atoms with Gasteiger partial charge < -0.3 is 5.11 Å². The number of aliphatic hydroxyl groups excluding tert-OH is 1. The molecule has 21 heavy (non-hydrogen) atoms. The van der Waals surface area contributed by atoms with E-state index in [1.807, 2.05) is 0 Å². The number of nitrogens with one attached hydrogen (secondary N) is 1. The monoisotopic (exact) mass is 329 g/mol. The molecule has 0 bridgehead atoms. The van der Waals surface area contributed by atoms with Crippen LogP contribution in [0.2, 0.25) is 0 Å². The molecule has 0 aliphatic heterocycles. The van der Waals surface area contributed by atoms with Gasteiger partial charge in [-0.25, -0.2) is 17.5 Å². The Bertz CT molecular complexity index is 695. The summed E-state index contributed by atoms with van der Waals surface area (Å²) in [6.07, 6.45) is 0.456. The number of aliphatic hydroxyl groups is 1. The summed E-state index contributed by atoms with van der Waals surface area (Å²) in [5.74, 6) is -0.321. The minimum Gasteiger partial charge on any atom is -0.391 e. The van der Waals surface area contributed by atoms with Crippen LogP contribution in [0.25, 0.3) is 0 Å². The topological polar surface area (TPSA) is 66.4 Å². The molecule has 2 aromatic rings. The standard InChI is InChI=1S/C14H16FNO3S2/c1-10(8-11-2-4-12(15)5-3-11)16-21(18,19)14-6-7-20-13(14)9-17/h2-7,10,16-17H,8-9H2,1H3. The highest BCUT2D eigenvalue weighted by molar-refractivity contribution is 7.89. The Hall–Kier alpha value is -1.28. The zero-order valence-electron chi connectivity index (χ0n) is 11.4. The molecule has 1 aromatic heterocycles. The third-order valence-corrected chi connectivity index (χ3v) is 5.66. The number of thiophene rings is 1. The first-order valence-electron chi connectivity index (χ1n) is 6.36. The van der Waals surface area contributed by atoms with E-state index < -0.39 is 10.0 Å². The number of rotatable bonds is 6. The molecular formula is C14H16FNO3S2. The first-order valence-corrected chi connectivity index (χ1v) is 8.72. The number of halogens is 1. The van der Waals surface area contributed by atoms with Gasteiger partial charge in [0.05, 0.1) is 11.5 Å². The molecule has 114 valence electrons. The summed E-state index contributed by atoms with van der Waals surface area (Å²) < 4.78 is 39.9. The van der Waals surface area contributed by atoms with Crippen molar-refractivity contribution in [2.45, 2.75) is 30.9 Å². The van der Waals surface area contributed by atoms with Gasteiger partial charge in [0.15, 0.2) is 0 Å². The Kier molecular flexibility index (Phi) is 5.10. The fourth-order valence-electron chi connectivity index (χ4n) is 2.03. The molecule has 1 unspecified atom stereocenters. The largest absolute Gasteiger partial charge is 0.391 e. The van der Waals surface area contributed by atoms with Crippen LogP contribution in [-0.4, -0.2) is 19.6 Å². The molecular weight excluding hydrogens is 313 g/mol. The predicted octanol–water partition coefficient (Wildman–Crippen LogP) is 2.29. The maximum Gasteiger partial charge on any atom is 0.242 e. The van der Waals surface area contributed by atoms with Gasteiger partial charge in [0.1, 0.15) is 5.82 Å². The van der Waals surface area contributed by atoms with Crippen LogP contribution in [0.1, 0.15) is 17.4 Å². The van der Waals surface area contributed by atoms with E-state index in [1.165, 1.54) is 29.5 Å². The molecule has 1 heterocycles. The van der Waals surface area contributed by atoms with E-state index in [-0.39, 0.29) is 23.4 Å². The highest BCUT2D eigenvalue weighted by Gasteiger charge is 2.21. The molecule has 0 fully saturated rings. The normalized spacial score (nSPS) is 13.3. The van der Waals surface area contributed by atoms with Gasteiger partial charge in [-0.1, -0.05) is 12.1 Å². The maximum absolute atomic E-state index is 12.8. The molecule has 2 rings (SSSR count). The summed E-state index contributed by atoms with van der Waals surface area (Å²) in [7, 11) is -3.66. The molecule has 1 aromatic carbocycles. The Morgan fingerprint density at radius 2 is 1.95 bits per heavy atom. The van der Waals surface area contributed by atoms with Gasteiger partial charge in [-0.2, -0.15) is 0 Å². The van der Waals surface area contributed by atoms with Crippen molar-refractivity contribution < 1.29 is 17.9 Å². The van der Waals surface area contributed by atoms with Crippen LogP contribution in [0.4, 0.5) is 4.39 Å². The van der Waals surface area contributed by atoms with Crippen molar-refractivity contribution in [1.82, 2.24) is 4.72 Å². The summed E-state index contributed by atoms with van der Waals surface area (Å²) in [4.78, 5) is 0.525. The SMILES string of the molecule is CC(Cc1ccc(F)cc1)NS(=O)(=O)c1ccsc1CO. The van der Waals surface area contributed by atoms with E-state index in [0.29, 0.717) is 11.3 Å². The van der Waals surface area contributed by atoms with Gasteiger partial charge in [0, 0.05) is 10.9 Å². The van der Waals surface area contributed by atoms with E-state index in [2.05, 4.69) is 4.72 Å². The summed E-state index contributed by atoms with van der Waals surface area (Å²) in [5.41, 5.74) is 0.847. The van der Waals surface area contributed by atoms with E-state index in [1.54, 1.807) is 24.4 Å². The third kappa shape index (κ3) is 4.10. The second-order valence-corrected chi connectivity index (χ2v) is 7.40. The zero-order chi connectivity index (χ0) is 15.5. The summed E-state index contributed by atoms with van der Waals surface area (Å²) in [6, 6.07) is 7.09. The van der Waals surface area contributed by atoms with Crippen LogP contribution in [0.5, 0.6) is 0 Å². The average Bonchev–Trinajstić information content (AvgIpc) is 2.90. The van der Waals surface area contributed by atoms with Crippen LogP contribution in [-0.2, 0) is 23.1 Å². The van der Waals surface area contributed by atoms with Gasteiger partial charge in [-0.05, 0) is 42.5 Å². The summed E-state index contributed by atoms with van der Waals surface area (Å²) in [6.45, 7) is 1.44. The third-order valence-electron chi connectivity index (χ3n) is 2.95. The highest BCUT2D eigenvalue weighted by Crippen LogP contribution is 2.22. The second-order valence-electron chi connectivity index (χ2n) is 4.72. The molecule has 1 atom stereocenters. The number of sulfonamides is 1. The maximum atomic E-state index is 12.8. The smallest absolute Gasteiger partial charge is 0.242 e. The molecule has 2 N–H and O–H groups in total. The average molecular weight is 329 g/mol. The quantitative estimate of drug-likeness (QED) is 0.854. The van der Waals surface area contributed by atoms with E-state index in [0.717, 1.165) is 5.56 Å². The van der Waals surface area contributed by atoms with Crippen LogP contribution in [0.15, 0.2) is 40.6 Å². The van der Waals surface area contributed by atoms with Crippen molar-refractivity contribution in [1.29, 1.82) is 0 Å². The molecule has 0 amide bonds. The zero-order valence-corrected chi connectivity index (χ0v) is 13.0. The van der Waals surface area contributed by atoms with Crippen LogP contribution < -0.4 is 4.72 Å². The Labute approximate surface area is 127 Å². The van der Waals surface area contributed by atoms with Crippen LogP contribution >= 0.6 is 11.3 Å².